The van der Waals surface area contributed by atoms with E-state index in [-0.39, 0.29) is 23.9 Å². The van der Waals surface area contributed by atoms with Crippen molar-refractivity contribution >= 4 is 11.8 Å². The zero-order valence-electron chi connectivity index (χ0n) is 9.42. The summed E-state index contributed by atoms with van der Waals surface area (Å²) in [6, 6.07) is -0.437. The highest BCUT2D eigenvalue weighted by Crippen LogP contribution is 2.08. The van der Waals surface area contributed by atoms with Gasteiger partial charge in [-0.2, -0.15) is 0 Å². The second kappa shape index (κ2) is 5.30. The van der Waals surface area contributed by atoms with Gasteiger partial charge in [-0.25, -0.2) is 0 Å². The topological polar surface area (TPSA) is 70.2 Å². The van der Waals surface area contributed by atoms with Crippen molar-refractivity contribution in [3.63, 3.8) is 0 Å². The maximum Gasteiger partial charge on any atom is 0.242 e. The Morgan fingerprint density at radius 2 is 2.06 bits per heavy atom. The smallest absolute Gasteiger partial charge is 0.242 e. The van der Waals surface area contributed by atoms with E-state index in [4.69, 9.17) is 0 Å². The van der Waals surface area contributed by atoms with Crippen LogP contribution in [0, 0.1) is 0 Å². The fourth-order valence-electron chi connectivity index (χ4n) is 2.26. The van der Waals surface area contributed by atoms with Crippen LogP contribution in [0.2, 0.25) is 0 Å². The predicted molar refractivity (Wildman–Crippen MR) is 59.8 cm³/mol. The highest BCUT2D eigenvalue weighted by Gasteiger charge is 2.27. The molecule has 0 aromatic carbocycles. The fraction of sp³-hybridized carbons (Fsp3) is 0.818. The average Bonchev–Trinajstić information content (AvgIpc) is 2.73. The molecule has 0 aliphatic carbocycles. The third kappa shape index (κ3) is 2.72. The van der Waals surface area contributed by atoms with Gasteiger partial charge in [-0.1, -0.05) is 0 Å². The minimum Gasteiger partial charge on any atom is -0.354 e. The Morgan fingerprint density at radius 1 is 1.19 bits per heavy atom. The SMILES string of the molecule is O=C1NCCCCC1NC(=O)[C@H]1CCCN1. The Kier molecular flexibility index (Phi) is 3.77. The quantitative estimate of drug-likeness (QED) is 0.594. The molecule has 0 bridgehead atoms. The molecular weight excluding hydrogens is 206 g/mol. The van der Waals surface area contributed by atoms with Gasteiger partial charge >= 0.3 is 0 Å². The zero-order valence-corrected chi connectivity index (χ0v) is 9.42. The van der Waals surface area contributed by atoms with E-state index >= 15 is 0 Å². The van der Waals surface area contributed by atoms with Crippen LogP contribution < -0.4 is 16.0 Å². The molecule has 2 fully saturated rings. The normalized spacial score (nSPS) is 30.6. The highest BCUT2D eigenvalue weighted by atomic mass is 16.2. The summed E-state index contributed by atoms with van der Waals surface area (Å²) in [7, 11) is 0. The summed E-state index contributed by atoms with van der Waals surface area (Å²) in [5.74, 6) is -0.0663. The van der Waals surface area contributed by atoms with Gasteiger partial charge < -0.3 is 16.0 Å². The summed E-state index contributed by atoms with van der Waals surface area (Å²) in [6.07, 6.45) is 4.65. The zero-order chi connectivity index (χ0) is 11.4. The van der Waals surface area contributed by atoms with Crippen molar-refractivity contribution in [2.45, 2.75) is 44.2 Å². The van der Waals surface area contributed by atoms with Crippen LogP contribution in [0.15, 0.2) is 0 Å². The van der Waals surface area contributed by atoms with E-state index in [1.807, 2.05) is 0 Å². The molecule has 16 heavy (non-hydrogen) atoms. The number of amides is 2. The third-order valence-corrected chi connectivity index (χ3v) is 3.23. The second-order valence-electron chi connectivity index (χ2n) is 4.50. The van der Waals surface area contributed by atoms with Crippen molar-refractivity contribution in [1.82, 2.24) is 16.0 Å². The van der Waals surface area contributed by atoms with E-state index in [9.17, 15) is 9.59 Å². The van der Waals surface area contributed by atoms with Crippen LogP contribution in [-0.2, 0) is 9.59 Å². The van der Waals surface area contributed by atoms with Crippen LogP contribution in [0.5, 0.6) is 0 Å². The van der Waals surface area contributed by atoms with Crippen molar-refractivity contribution in [1.29, 1.82) is 0 Å². The van der Waals surface area contributed by atoms with Gasteiger partial charge in [0.25, 0.3) is 0 Å². The summed E-state index contributed by atoms with van der Waals surface area (Å²) < 4.78 is 0. The molecule has 5 nitrogen and oxygen atoms in total. The summed E-state index contributed by atoms with van der Waals surface area (Å²) >= 11 is 0. The summed E-state index contributed by atoms with van der Waals surface area (Å²) in [5, 5.41) is 8.79. The van der Waals surface area contributed by atoms with Crippen molar-refractivity contribution in [3.8, 4) is 0 Å². The lowest BCUT2D eigenvalue weighted by molar-refractivity contribution is -0.129. The monoisotopic (exact) mass is 225 g/mol. The fourth-order valence-corrected chi connectivity index (χ4v) is 2.26. The van der Waals surface area contributed by atoms with Gasteiger partial charge in [0.1, 0.15) is 6.04 Å². The van der Waals surface area contributed by atoms with Crippen molar-refractivity contribution in [2.75, 3.05) is 13.1 Å². The minimum absolute atomic E-state index is 0.0282. The molecule has 2 atom stereocenters. The molecule has 0 saturated carbocycles. The molecule has 2 saturated heterocycles. The van der Waals surface area contributed by atoms with Gasteiger partial charge in [-0.15, -0.1) is 0 Å². The molecule has 2 aliphatic heterocycles. The van der Waals surface area contributed by atoms with Crippen LogP contribution in [0.25, 0.3) is 0 Å². The molecule has 2 aliphatic rings. The van der Waals surface area contributed by atoms with Crippen molar-refractivity contribution in [3.05, 3.63) is 0 Å². The van der Waals surface area contributed by atoms with Crippen LogP contribution in [0.3, 0.4) is 0 Å². The number of hydrogen-bond acceptors (Lipinski definition) is 3. The van der Waals surface area contributed by atoms with Gasteiger partial charge in [-0.3, -0.25) is 9.59 Å². The molecule has 2 heterocycles. The molecule has 2 amide bonds. The minimum atomic E-state index is -0.336. The van der Waals surface area contributed by atoms with Gasteiger partial charge in [0.2, 0.25) is 11.8 Å². The lowest BCUT2D eigenvalue weighted by atomic mass is 10.1. The third-order valence-electron chi connectivity index (χ3n) is 3.23. The van der Waals surface area contributed by atoms with E-state index in [2.05, 4.69) is 16.0 Å². The molecule has 0 aromatic rings. The standard InChI is InChI=1S/C11H19N3O2/c15-10-9(4-1-2-6-13-10)14-11(16)8-5-3-7-12-8/h8-9,12H,1-7H2,(H,13,15)(H,14,16)/t8-,9?/m1/s1. The van der Waals surface area contributed by atoms with Crippen molar-refractivity contribution in [2.24, 2.45) is 0 Å². The first kappa shape index (κ1) is 11.4. The van der Waals surface area contributed by atoms with Crippen LogP contribution in [0.4, 0.5) is 0 Å². The maximum absolute atomic E-state index is 11.8. The van der Waals surface area contributed by atoms with Gasteiger partial charge in [-0.05, 0) is 38.6 Å². The lowest BCUT2D eigenvalue weighted by Gasteiger charge is -2.18. The number of carbonyl (C=O) groups is 2. The summed E-state index contributed by atoms with van der Waals surface area (Å²) in [5.41, 5.74) is 0. The Morgan fingerprint density at radius 3 is 2.81 bits per heavy atom. The number of nitrogens with one attached hydrogen (secondary N) is 3. The average molecular weight is 225 g/mol. The van der Waals surface area contributed by atoms with Gasteiger partial charge in [0.05, 0.1) is 6.04 Å². The van der Waals surface area contributed by atoms with E-state index in [1.54, 1.807) is 0 Å². The Bertz CT molecular complexity index is 274. The molecule has 0 aromatic heterocycles. The van der Waals surface area contributed by atoms with Crippen LogP contribution >= 0.6 is 0 Å². The molecule has 0 radical (unpaired) electrons. The lowest BCUT2D eigenvalue weighted by Crippen LogP contribution is -2.50. The van der Waals surface area contributed by atoms with E-state index in [0.29, 0.717) is 0 Å². The number of carbonyl (C=O) groups excluding carboxylic acids is 2. The maximum atomic E-state index is 11.8. The second-order valence-corrected chi connectivity index (χ2v) is 4.50. The van der Waals surface area contributed by atoms with Gasteiger partial charge in [0, 0.05) is 6.54 Å². The molecule has 90 valence electrons. The largest absolute Gasteiger partial charge is 0.354 e. The first-order valence-corrected chi connectivity index (χ1v) is 6.09. The molecule has 5 heteroatoms. The first-order chi connectivity index (χ1) is 7.77. The van der Waals surface area contributed by atoms with E-state index in [1.165, 1.54) is 0 Å². The molecule has 0 spiro atoms. The first-order valence-electron chi connectivity index (χ1n) is 6.09. The van der Waals surface area contributed by atoms with E-state index < -0.39 is 0 Å². The summed E-state index contributed by atoms with van der Waals surface area (Å²) in [6.45, 7) is 1.63. The van der Waals surface area contributed by atoms with Crippen LogP contribution in [0.1, 0.15) is 32.1 Å². The Labute approximate surface area is 95.3 Å². The predicted octanol–water partition coefficient (Wildman–Crippen LogP) is -0.477. The number of hydrogen-bond donors (Lipinski definition) is 3. The molecule has 1 unspecified atom stereocenters. The highest BCUT2D eigenvalue weighted by molar-refractivity contribution is 5.89. The number of rotatable bonds is 2. The molecule has 3 N–H and O–H groups in total. The Hall–Kier alpha value is -1.10. The van der Waals surface area contributed by atoms with Gasteiger partial charge in [0.15, 0.2) is 0 Å². The molecule has 2 rings (SSSR count). The Balaban J connectivity index is 1.86. The summed E-state index contributed by atoms with van der Waals surface area (Å²) in [4.78, 5) is 23.4. The van der Waals surface area contributed by atoms with Crippen LogP contribution in [-0.4, -0.2) is 37.0 Å². The molecular formula is C11H19N3O2. The van der Waals surface area contributed by atoms with E-state index in [0.717, 1.165) is 45.2 Å². The van der Waals surface area contributed by atoms with Crippen molar-refractivity contribution < 1.29 is 9.59 Å².